The summed E-state index contributed by atoms with van der Waals surface area (Å²) in [7, 11) is -2.96. The molecule has 1 rings (SSSR count). The summed E-state index contributed by atoms with van der Waals surface area (Å²) >= 11 is 7.52. The lowest BCUT2D eigenvalue weighted by Crippen LogP contribution is -2.49. The van der Waals surface area contributed by atoms with E-state index in [1.54, 1.807) is 18.7 Å². The highest BCUT2D eigenvalue weighted by molar-refractivity contribution is 8.01. The lowest BCUT2D eigenvalue weighted by Gasteiger charge is -2.35. The third kappa shape index (κ3) is 3.79. The number of hydrogen-bond donors (Lipinski definition) is 0. The number of sulfone groups is 1. The third-order valence-electron chi connectivity index (χ3n) is 2.82. The van der Waals surface area contributed by atoms with Gasteiger partial charge in [0.15, 0.2) is 9.84 Å². The molecule has 0 aromatic rings. The lowest BCUT2D eigenvalue weighted by atomic mass is 10.2. The van der Waals surface area contributed by atoms with Gasteiger partial charge in [0, 0.05) is 36.2 Å². The average Bonchev–Trinajstić information content (AvgIpc) is 2.29. The zero-order valence-corrected chi connectivity index (χ0v) is 12.2. The van der Waals surface area contributed by atoms with Gasteiger partial charge in [-0.2, -0.15) is 11.8 Å². The van der Waals surface area contributed by atoms with Gasteiger partial charge in [-0.25, -0.2) is 8.42 Å². The molecule has 2 atom stereocenters. The molecule has 1 aliphatic rings. The highest BCUT2D eigenvalue weighted by Gasteiger charge is 2.33. The van der Waals surface area contributed by atoms with Crippen molar-refractivity contribution >= 4 is 33.2 Å². The number of alkyl halides is 1. The quantitative estimate of drug-likeness (QED) is 0.720. The van der Waals surface area contributed by atoms with E-state index in [1.807, 2.05) is 0 Å². The first-order valence-corrected chi connectivity index (χ1v) is 9.01. The number of thioether (sulfide) groups is 1. The van der Waals surface area contributed by atoms with Crippen molar-refractivity contribution in [3.63, 3.8) is 0 Å². The Morgan fingerprint density at radius 2 is 2.25 bits per heavy atom. The molecular weight excluding hydrogens is 266 g/mol. The largest absolute Gasteiger partial charge is 0.285 e. The molecule has 96 valence electrons. The summed E-state index contributed by atoms with van der Waals surface area (Å²) in [6.45, 7) is 5.42. The second-order valence-electron chi connectivity index (χ2n) is 4.24. The van der Waals surface area contributed by atoms with Crippen LogP contribution in [0.4, 0.5) is 0 Å². The molecule has 1 saturated heterocycles. The zero-order chi connectivity index (χ0) is 12.2. The maximum atomic E-state index is 11.9. The Bertz CT molecular complexity index is 308. The molecule has 2 unspecified atom stereocenters. The molecule has 0 aliphatic carbocycles. The van der Waals surface area contributed by atoms with Crippen LogP contribution in [0.15, 0.2) is 0 Å². The minimum Gasteiger partial charge on any atom is -0.285 e. The van der Waals surface area contributed by atoms with Crippen LogP contribution >= 0.6 is 23.4 Å². The summed E-state index contributed by atoms with van der Waals surface area (Å²) in [5.74, 6) is 2.88. The number of hydrogen-bond acceptors (Lipinski definition) is 4. The summed E-state index contributed by atoms with van der Waals surface area (Å²) in [5.41, 5.74) is 0. The predicted octanol–water partition coefficient (Wildman–Crippen LogP) is 1.67. The highest BCUT2D eigenvalue weighted by Crippen LogP contribution is 2.22. The summed E-state index contributed by atoms with van der Waals surface area (Å²) in [6, 6.07) is 0. The molecule has 6 heteroatoms. The Balaban J connectivity index is 2.71. The van der Waals surface area contributed by atoms with Gasteiger partial charge in [-0.3, -0.25) is 4.90 Å². The Morgan fingerprint density at radius 1 is 1.56 bits per heavy atom. The van der Waals surface area contributed by atoms with Crippen molar-refractivity contribution in [3.8, 4) is 0 Å². The van der Waals surface area contributed by atoms with Crippen LogP contribution in [-0.2, 0) is 9.84 Å². The normalized spacial score (nSPS) is 25.6. The van der Waals surface area contributed by atoms with Crippen molar-refractivity contribution in [2.24, 2.45) is 5.92 Å². The fraction of sp³-hybridized carbons (Fsp3) is 1.00. The van der Waals surface area contributed by atoms with Crippen LogP contribution in [0.25, 0.3) is 0 Å². The van der Waals surface area contributed by atoms with Crippen molar-refractivity contribution in [2.75, 3.05) is 36.2 Å². The zero-order valence-electron chi connectivity index (χ0n) is 9.86. The van der Waals surface area contributed by atoms with Gasteiger partial charge in [0.2, 0.25) is 0 Å². The first-order chi connectivity index (χ1) is 7.51. The SMILES string of the molecule is CCS(=O)(=O)C1CSCCN1CC(C)CCl. The summed E-state index contributed by atoms with van der Waals surface area (Å²) in [6.07, 6.45) is 0. The van der Waals surface area contributed by atoms with Crippen molar-refractivity contribution in [1.29, 1.82) is 0 Å². The maximum Gasteiger partial charge on any atom is 0.166 e. The fourth-order valence-electron chi connectivity index (χ4n) is 1.80. The van der Waals surface area contributed by atoms with Crippen LogP contribution in [0.1, 0.15) is 13.8 Å². The molecule has 0 bridgehead atoms. The van der Waals surface area contributed by atoms with Gasteiger partial charge in [-0.05, 0) is 5.92 Å². The van der Waals surface area contributed by atoms with Gasteiger partial charge in [-0.1, -0.05) is 13.8 Å². The number of nitrogens with zero attached hydrogens (tertiary/aromatic N) is 1. The van der Waals surface area contributed by atoms with Crippen LogP contribution < -0.4 is 0 Å². The van der Waals surface area contributed by atoms with E-state index in [9.17, 15) is 8.42 Å². The van der Waals surface area contributed by atoms with E-state index >= 15 is 0 Å². The standard InChI is InChI=1S/C10H20ClNO2S2/c1-3-16(13,14)10-8-15-5-4-12(10)7-9(2)6-11/h9-10H,3-8H2,1-2H3. The van der Waals surface area contributed by atoms with Crippen LogP contribution in [0.5, 0.6) is 0 Å². The molecule has 0 radical (unpaired) electrons. The second kappa shape index (κ2) is 6.47. The van der Waals surface area contributed by atoms with E-state index < -0.39 is 9.84 Å². The molecule has 0 aromatic heterocycles. The van der Waals surface area contributed by atoms with E-state index in [0.717, 1.165) is 18.8 Å². The van der Waals surface area contributed by atoms with Crippen LogP contribution in [0.2, 0.25) is 0 Å². The van der Waals surface area contributed by atoms with E-state index in [0.29, 0.717) is 17.6 Å². The Morgan fingerprint density at radius 3 is 2.81 bits per heavy atom. The Labute approximate surface area is 108 Å². The van der Waals surface area contributed by atoms with Crippen molar-refractivity contribution in [2.45, 2.75) is 19.2 Å². The first-order valence-electron chi connectivity index (χ1n) is 5.60. The maximum absolute atomic E-state index is 11.9. The van der Waals surface area contributed by atoms with Crippen LogP contribution in [-0.4, -0.2) is 54.9 Å². The van der Waals surface area contributed by atoms with Gasteiger partial charge >= 0.3 is 0 Å². The first kappa shape index (κ1) is 14.6. The van der Waals surface area contributed by atoms with Gasteiger partial charge in [-0.15, -0.1) is 11.6 Å². The smallest absolute Gasteiger partial charge is 0.166 e. The highest BCUT2D eigenvalue weighted by atomic mass is 35.5. The second-order valence-corrected chi connectivity index (χ2v) is 8.14. The minimum absolute atomic E-state index is 0.226. The molecule has 0 spiro atoms. The van der Waals surface area contributed by atoms with Gasteiger partial charge in [0.1, 0.15) is 5.37 Å². The van der Waals surface area contributed by atoms with Crippen molar-refractivity contribution in [1.82, 2.24) is 4.90 Å². The molecule has 0 N–H and O–H groups in total. The Hall–Kier alpha value is 0.550. The molecule has 1 fully saturated rings. The molecule has 0 saturated carbocycles. The molecular formula is C10H20ClNO2S2. The van der Waals surface area contributed by atoms with E-state index in [1.165, 1.54) is 0 Å². The van der Waals surface area contributed by atoms with E-state index in [4.69, 9.17) is 11.6 Å². The number of halogens is 1. The monoisotopic (exact) mass is 285 g/mol. The third-order valence-corrected chi connectivity index (χ3v) is 6.68. The summed E-state index contributed by atoms with van der Waals surface area (Å²) in [5, 5.41) is -0.304. The topological polar surface area (TPSA) is 37.4 Å². The van der Waals surface area contributed by atoms with Crippen LogP contribution in [0.3, 0.4) is 0 Å². The fourth-order valence-corrected chi connectivity index (χ4v) is 4.99. The van der Waals surface area contributed by atoms with Gasteiger partial charge in [0.25, 0.3) is 0 Å². The Kier molecular flexibility index (Phi) is 5.91. The van der Waals surface area contributed by atoms with E-state index in [2.05, 4.69) is 11.8 Å². The van der Waals surface area contributed by atoms with Crippen molar-refractivity contribution < 1.29 is 8.42 Å². The van der Waals surface area contributed by atoms with E-state index in [-0.39, 0.29) is 11.1 Å². The molecule has 16 heavy (non-hydrogen) atoms. The van der Waals surface area contributed by atoms with Crippen LogP contribution in [0, 0.1) is 5.92 Å². The summed E-state index contributed by atoms with van der Waals surface area (Å²) < 4.78 is 23.9. The molecule has 0 amide bonds. The molecule has 3 nitrogen and oxygen atoms in total. The van der Waals surface area contributed by atoms with Gasteiger partial charge < -0.3 is 0 Å². The predicted molar refractivity (Wildman–Crippen MR) is 72.0 cm³/mol. The number of rotatable bonds is 5. The lowest BCUT2D eigenvalue weighted by molar-refractivity contribution is 0.242. The van der Waals surface area contributed by atoms with Gasteiger partial charge in [0.05, 0.1) is 0 Å². The summed E-state index contributed by atoms with van der Waals surface area (Å²) in [4.78, 5) is 2.09. The average molecular weight is 286 g/mol. The molecule has 1 heterocycles. The minimum atomic E-state index is -2.96. The molecule has 0 aromatic carbocycles. The molecule has 1 aliphatic heterocycles. The van der Waals surface area contributed by atoms with Crippen molar-refractivity contribution in [3.05, 3.63) is 0 Å².